The Bertz CT molecular complexity index is 1040. The van der Waals surface area contributed by atoms with Gasteiger partial charge in [-0.05, 0) is 62.2 Å². The van der Waals surface area contributed by atoms with E-state index in [4.69, 9.17) is 4.74 Å². The number of carbonyl (C=O) groups excluding carboxylic acids is 3. The first-order chi connectivity index (χ1) is 14.8. The molecule has 0 radical (unpaired) electrons. The van der Waals surface area contributed by atoms with Crippen molar-refractivity contribution in [2.45, 2.75) is 33.7 Å². The average molecular weight is 423 g/mol. The van der Waals surface area contributed by atoms with Crippen LogP contribution in [0.2, 0.25) is 0 Å². The van der Waals surface area contributed by atoms with Gasteiger partial charge >= 0.3 is 11.9 Å². The minimum Gasteiger partial charge on any atom is -0.465 e. The number of hydrogen-bond donors (Lipinski definition) is 1. The molecule has 0 aliphatic carbocycles. The molecule has 1 aromatic heterocycles. The van der Waals surface area contributed by atoms with Crippen molar-refractivity contribution in [1.82, 2.24) is 4.57 Å². The van der Waals surface area contributed by atoms with Crippen LogP contribution < -0.4 is 5.32 Å². The summed E-state index contributed by atoms with van der Waals surface area (Å²) in [4.78, 5) is 35.7. The van der Waals surface area contributed by atoms with Gasteiger partial charge in [-0.3, -0.25) is 4.79 Å². The molecule has 2 aromatic rings. The number of hydrogen-bond acceptors (Lipinski definition) is 6. The van der Waals surface area contributed by atoms with Gasteiger partial charge in [0.15, 0.2) is 6.61 Å². The SMILES string of the molecule is CCCn1c(C)cc(/C=C(\C#N)C(=O)OCC(=O)Nc2ccc(C(=O)OC)cc2)c1C. The van der Waals surface area contributed by atoms with E-state index in [1.807, 2.05) is 26.0 Å². The maximum absolute atomic E-state index is 12.3. The van der Waals surface area contributed by atoms with Crippen molar-refractivity contribution in [3.8, 4) is 6.07 Å². The molecular weight excluding hydrogens is 398 g/mol. The van der Waals surface area contributed by atoms with Gasteiger partial charge in [0.05, 0.1) is 12.7 Å². The molecule has 0 fully saturated rings. The standard InChI is InChI=1S/C23H25N3O5/c1-5-10-26-15(2)11-18(16(26)3)12-19(13-24)23(29)31-14-21(27)25-20-8-6-17(7-9-20)22(28)30-4/h6-9,11-12H,5,10,14H2,1-4H3,(H,25,27)/b19-12+. The Morgan fingerprint density at radius 1 is 1.19 bits per heavy atom. The highest BCUT2D eigenvalue weighted by Crippen LogP contribution is 2.19. The van der Waals surface area contributed by atoms with E-state index in [0.717, 1.165) is 29.9 Å². The number of esters is 2. The van der Waals surface area contributed by atoms with E-state index < -0.39 is 24.5 Å². The molecule has 162 valence electrons. The molecule has 0 spiro atoms. The van der Waals surface area contributed by atoms with Crippen LogP contribution in [0.5, 0.6) is 0 Å². The van der Waals surface area contributed by atoms with Gasteiger partial charge in [0.1, 0.15) is 11.6 Å². The van der Waals surface area contributed by atoms with Gasteiger partial charge in [0.25, 0.3) is 5.91 Å². The van der Waals surface area contributed by atoms with E-state index in [-0.39, 0.29) is 5.57 Å². The largest absolute Gasteiger partial charge is 0.465 e. The Hall–Kier alpha value is -3.86. The summed E-state index contributed by atoms with van der Waals surface area (Å²) in [5.41, 5.74) is 3.32. The van der Waals surface area contributed by atoms with Gasteiger partial charge in [0.2, 0.25) is 0 Å². The summed E-state index contributed by atoms with van der Waals surface area (Å²) in [7, 11) is 1.28. The molecule has 1 amide bonds. The maximum atomic E-state index is 12.3. The van der Waals surface area contributed by atoms with Crippen molar-refractivity contribution >= 4 is 29.6 Å². The van der Waals surface area contributed by atoms with Crippen molar-refractivity contribution < 1.29 is 23.9 Å². The second-order valence-corrected chi connectivity index (χ2v) is 6.84. The summed E-state index contributed by atoms with van der Waals surface area (Å²) in [5.74, 6) is -1.94. The number of aromatic nitrogens is 1. The Kier molecular flexibility index (Phi) is 8.15. The van der Waals surface area contributed by atoms with Gasteiger partial charge in [-0.15, -0.1) is 0 Å². The molecule has 8 nitrogen and oxygen atoms in total. The van der Waals surface area contributed by atoms with Gasteiger partial charge in [0, 0.05) is 23.6 Å². The number of methoxy groups -OCH3 is 1. The first-order valence-corrected chi connectivity index (χ1v) is 9.74. The number of amides is 1. The van der Waals surface area contributed by atoms with Crippen LogP contribution >= 0.6 is 0 Å². The van der Waals surface area contributed by atoms with Crippen LogP contribution in [0.3, 0.4) is 0 Å². The molecule has 1 aromatic carbocycles. The second kappa shape index (κ2) is 10.8. The highest BCUT2D eigenvalue weighted by molar-refractivity contribution is 6.00. The minimum atomic E-state index is -0.876. The number of nitrogens with one attached hydrogen (secondary N) is 1. The van der Waals surface area contributed by atoms with Crippen LogP contribution in [0.4, 0.5) is 5.69 Å². The summed E-state index contributed by atoms with van der Waals surface area (Å²) in [6.07, 6.45) is 2.44. The van der Waals surface area contributed by atoms with Crippen molar-refractivity contribution in [1.29, 1.82) is 5.26 Å². The summed E-state index contributed by atoms with van der Waals surface area (Å²) >= 11 is 0. The number of benzene rings is 1. The quantitative estimate of drug-likeness (QED) is 0.396. The molecule has 0 saturated carbocycles. The van der Waals surface area contributed by atoms with Gasteiger partial charge in [-0.2, -0.15) is 5.26 Å². The molecule has 0 aliphatic rings. The number of carbonyl (C=O) groups is 3. The van der Waals surface area contributed by atoms with E-state index in [1.165, 1.54) is 37.5 Å². The van der Waals surface area contributed by atoms with Crippen molar-refractivity contribution in [3.05, 3.63) is 58.4 Å². The zero-order valence-electron chi connectivity index (χ0n) is 18.0. The average Bonchev–Trinajstić information content (AvgIpc) is 3.03. The van der Waals surface area contributed by atoms with Crippen molar-refractivity contribution in [2.24, 2.45) is 0 Å². The molecular formula is C23H25N3O5. The topological polar surface area (TPSA) is 110 Å². The molecule has 1 heterocycles. The summed E-state index contributed by atoms with van der Waals surface area (Å²) in [5, 5.41) is 11.9. The van der Waals surface area contributed by atoms with Crippen LogP contribution in [0, 0.1) is 25.2 Å². The van der Waals surface area contributed by atoms with E-state index in [9.17, 15) is 19.6 Å². The smallest absolute Gasteiger partial charge is 0.349 e. The van der Waals surface area contributed by atoms with Gasteiger partial charge < -0.3 is 19.4 Å². The summed E-state index contributed by atoms with van der Waals surface area (Å²) in [6.45, 7) is 6.26. The van der Waals surface area contributed by atoms with Crippen molar-refractivity contribution in [2.75, 3.05) is 19.0 Å². The number of nitrogens with zero attached hydrogens (tertiary/aromatic N) is 2. The highest BCUT2D eigenvalue weighted by atomic mass is 16.5. The van der Waals surface area contributed by atoms with Crippen LogP contribution in [-0.2, 0) is 25.6 Å². The van der Waals surface area contributed by atoms with E-state index in [2.05, 4.69) is 21.5 Å². The summed E-state index contributed by atoms with van der Waals surface area (Å²) < 4.78 is 11.7. The first kappa shape index (κ1) is 23.4. The molecule has 2 rings (SSSR count). The second-order valence-electron chi connectivity index (χ2n) is 6.84. The Morgan fingerprint density at radius 2 is 1.87 bits per heavy atom. The lowest BCUT2D eigenvalue weighted by Gasteiger charge is -2.08. The van der Waals surface area contributed by atoms with Crippen LogP contribution in [-0.4, -0.2) is 36.1 Å². The number of nitriles is 1. The van der Waals surface area contributed by atoms with E-state index in [0.29, 0.717) is 11.3 Å². The van der Waals surface area contributed by atoms with E-state index >= 15 is 0 Å². The zero-order valence-corrected chi connectivity index (χ0v) is 18.0. The molecule has 0 atom stereocenters. The lowest BCUT2D eigenvalue weighted by atomic mass is 10.1. The monoisotopic (exact) mass is 423 g/mol. The zero-order chi connectivity index (χ0) is 23.0. The molecule has 0 unspecified atom stereocenters. The fourth-order valence-electron chi connectivity index (χ4n) is 3.05. The third kappa shape index (κ3) is 6.06. The number of ether oxygens (including phenoxy) is 2. The molecule has 31 heavy (non-hydrogen) atoms. The fourth-order valence-corrected chi connectivity index (χ4v) is 3.05. The molecule has 0 bridgehead atoms. The lowest BCUT2D eigenvalue weighted by Crippen LogP contribution is -2.21. The third-order valence-electron chi connectivity index (χ3n) is 4.62. The normalized spacial score (nSPS) is 10.9. The molecule has 8 heteroatoms. The predicted octanol–water partition coefficient (Wildman–Crippen LogP) is 3.39. The Morgan fingerprint density at radius 3 is 2.45 bits per heavy atom. The van der Waals surface area contributed by atoms with Gasteiger partial charge in [-0.25, -0.2) is 9.59 Å². The van der Waals surface area contributed by atoms with Crippen molar-refractivity contribution in [3.63, 3.8) is 0 Å². The summed E-state index contributed by atoms with van der Waals surface area (Å²) in [6, 6.07) is 9.79. The maximum Gasteiger partial charge on any atom is 0.349 e. The number of aryl methyl sites for hydroxylation is 1. The molecule has 0 saturated heterocycles. The van der Waals surface area contributed by atoms with Crippen LogP contribution in [0.25, 0.3) is 6.08 Å². The fraction of sp³-hybridized carbons (Fsp3) is 0.304. The van der Waals surface area contributed by atoms with Gasteiger partial charge in [-0.1, -0.05) is 6.92 Å². The molecule has 0 aliphatic heterocycles. The number of anilines is 1. The lowest BCUT2D eigenvalue weighted by molar-refractivity contribution is -0.142. The predicted molar refractivity (Wildman–Crippen MR) is 115 cm³/mol. The Labute approximate surface area is 181 Å². The third-order valence-corrected chi connectivity index (χ3v) is 4.62. The number of rotatable bonds is 8. The molecule has 1 N–H and O–H groups in total. The first-order valence-electron chi connectivity index (χ1n) is 9.74. The van der Waals surface area contributed by atoms with E-state index in [1.54, 1.807) is 0 Å². The highest BCUT2D eigenvalue weighted by Gasteiger charge is 2.16. The Balaban J connectivity index is 1.99. The minimum absolute atomic E-state index is 0.188. The van der Waals surface area contributed by atoms with Crippen LogP contribution in [0.1, 0.15) is 40.7 Å². The van der Waals surface area contributed by atoms with Crippen LogP contribution in [0.15, 0.2) is 35.9 Å².